The molecule has 0 saturated carbocycles. The Balaban J connectivity index is 2.50. The Morgan fingerprint density at radius 1 is 1.26 bits per heavy atom. The summed E-state index contributed by atoms with van der Waals surface area (Å²) in [5.41, 5.74) is -0.701. The van der Waals surface area contributed by atoms with Crippen molar-refractivity contribution in [1.29, 1.82) is 0 Å². The van der Waals surface area contributed by atoms with Crippen LogP contribution >= 0.6 is 0 Å². The van der Waals surface area contributed by atoms with Gasteiger partial charge in [-0.3, -0.25) is 10.1 Å². The molecule has 0 atom stereocenters. The van der Waals surface area contributed by atoms with E-state index >= 15 is 0 Å². The van der Waals surface area contributed by atoms with Crippen LogP contribution in [-0.2, 0) is 0 Å². The van der Waals surface area contributed by atoms with E-state index < -0.39 is 22.2 Å². The number of benzene rings is 1. The Hall–Kier alpha value is -2.57. The maximum atomic E-state index is 13.7. The average Bonchev–Trinajstić information content (AvgIpc) is 2.41. The summed E-state index contributed by atoms with van der Waals surface area (Å²) in [6.07, 6.45) is 1.29. The topological polar surface area (TPSA) is 65.3 Å². The summed E-state index contributed by atoms with van der Waals surface area (Å²) in [7, 11) is 1.42. The monoisotopic (exact) mass is 266 g/mol. The van der Waals surface area contributed by atoms with Gasteiger partial charge in [-0.15, -0.1) is 0 Å². The summed E-state index contributed by atoms with van der Waals surface area (Å²) >= 11 is 0. The molecule has 0 unspecified atom stereocenters. The van der Waals surface area contributed by atoms with Gasteiger partial charge in [-0.05, 0) is 12.1 Å². The zero-order chi connectivity index (χ0) is 14.0. The van der Waals surface area contributed by atoms with E-state index in [1.54, 1.807) is 0 Å². The fraction of sp³-hybridized carbons (Fsp3) is 0.0833. The fourth-order valence-electron chi connectivity index (χ4n) is 1.56. The van der Waals surface area contributed by atoms with E-state index in [0.717, 1.165) is 6.07 Å². The molecule has 19 heavy (non-hydrogen) atoms. The Bertz CT molecular complexity index is 630. The van der Waals surface area contributed by atoms with Gasteiger partial charge >= 0.3 is 5.69 Å². The normalized spacial score (nSPS) is 10.3. The van der Waals surface area contributed by atoms with Crippen LogP contribution in [0.2, 0.25) is 0 Å². The Labute approximate surface area is 106 Å². The molecule has 2 aromatic rings. The average molecular weight is 266 g/mol. The lowest BCUT2D eigenvalue weighted by Crippen LogP contribution is -1.96. The molecule has 7 heteroatoms. The van der Waals surface area contributed by atoms with E-state index in [2.05, 4.69) is 4.98 Å². The molecule has 0 aliphatic rings. The number of hydrogen-bond acceptors (Lipinski definition) is 4. The first kappa shape index (κ1) is 12.9. The number of ether oxygens (including phenoxy) is 1. The molecular formula is C12H8F2N2O3. The second-order valence-electron chi connectivity index (χ2n) is 3.63. The molecule has 0 aliphatic carbocycles. The van der Waals surface area contributed by atoms with Gasteiger partial charge in [-0.25, -0.2) is 9.37 Å². The molecule has 0 N–H and O–H groups in total. The summed E-state index contributed by atoms with van der Waals surface area (Å²) in [5, 5.41) is 10.5. The quantitative estimate of drug-likeness (QED) is 0.632. The summed E-state index contributed by atoms with van der Waals surface area (Å²) in [4.78, 5) is 13.4. The van der Waals surface area contributed by atoms with Gasteiger partial charge in [0.2, 0.25) is 11.7 Å². The van der Waals surface area contributed by atoms with Crippen molar-refractivity contribution in [2.75, 3.05) is 7.11 Å². The third-order valence-corrected chi connectivity index (χ3v) is 2.49. The van der Waals surface area contributed by atoms with Gasteiger partial charge in [0.1, 0.15) is 5.82 Å². The van der Waals surface area contributed by atoms with Crippen LogP contribution in [0.5, 0.6) is 5.88 Å². The minimum Gasteiger partial charge on any atom is -0.481 e. The SMILES string of the molecule is COc1ccc(-c2cc(F)c([N+](=O)[O-])cc2F)cn1. The predicted molar refractivity (Wildman–Crippen MR) is 62.8 cm³/mol. The van der Waals surface area contributed by atoms with Crippen LogP contribution in [0.3, 0.4) is 0 Å². The summed E-state index contributed by atoms with van der Waals surface area (Å²) in [6.45, 7) is 0. The van der Waals surface area contributed by atoms with Crippen LogP contribution < -0.4 is 4.74 Å². The molecule has 1 aromatic carbocycles. The number of aromatic nitrogens is 1. The molecule has 0 bridgehead atoms. The van der Waals surface area contributed by atoms with Gasteiger partial charge in [0.15, 0.2) is 0 Å². The maximum Gasteiger partial charge on any atom is 0.307 e. The van der Waals surface area contributed by atoms with Gasteiger partial charge in [0, 0.05) is 23.4 Å². The van der Waals surface area contributed by atoms with Gasteiger partial charge in [0.05, 0.1) is 18.1 Å². The number of nitrogens with zero attached hydrogens (tertiary/aromatic N) is 2. The van der Waals surface area contributed by atoms with Gasteiger partial charge in [-0.1, -0.05) is 0 Å². The van der Waals surface area contributed by atoms with Crippen molar-refractivity contribution in [2.24, 2.45) is 0 Å². The number of halogens is 2. The Morgan fingerprint density at radius 2 is 2.00 bits per heavy atom. The lowest BCUT2D eigenvalue weighted by atomic mass is 10.1. The molecule has 0 saturated heterocycles. The molecule has 98 valence electrons. The van der Waals surface area contributed by atoms with Crippen LogP contribution in [0.25, 0.3) is 11.1 Å². The second-order valence-corrected chi connectivity index (χ2v) is 3.63. The van der Waals surface area contributed by atoms with Crippen LogP contribution in [0.4, 0.5) is 14.5 Å². The molecule has 0 fully saturated rings. The van der Waals surface area contributed by atoms with Gasteiger partial charge in [0.25, 0.3) is 0 Å². The maximum absolute atomic E-state index is 13.7. The minimum atomic E-state index is -1.10. The molecule has 5 nitrogen and oxygen atoms in total. The second kappa shape index (κ2) is 4.97. The lowest BCUT2D eigenvalue weighted by Gasteiger charge is -2.05. The van der Waals surface area contributed by atoms with E-state index in [-0.39, 0.29) is 5.56 Å². The molecule has 0 amide bonds. The highest BCUT2D eigenvalue weighted by Crippen LogP contribution is 2.29. The molecule has 1 aromatic heterocycles. The third-order valence-electron chi connectivity index (χ3n) is 2.49. The predicted octanol–water partition coefficient (Wildman–Crippen LogP) is 2.94. The van der Waals surface area contributed by atoms with Crippen LogP contribution in [0, 0.1) is 21.7 Å². The first-order valence-electron chi connectivity index (χ1n) is 5.16. The van der Waals surface area contributed by atoms with Crippen molar-refractivity contribution < 1.29 is 18.4 Å². The smallest absolute Gasteiger partial charge is 0.307 e. The number of nitro groups is 1. The van der Waals surface area contributed by atoms with Gasteiger partial charge in [-0.2, -0.15) is 4.39 Å². The van der Waals surface area contributed by atoms with Crippen molar-refractivity contribution >= 4 is 5.69 Å². The van der Waals surface area contributed by atoms with Crippen molar-refractivity contribution in [1.82, 2.24) is 4.98 Å². The molecule has 2 rings (SSSR count). The molecule has 1 heterocycles. The van der Waals surface area contributed by atoms with Crippen LogP contribution in [0.15, 0.2) is 30.5 Å². The molecule has 0 spiro atoms. The minimum absolute atomic E-state index is 0.0988. The summed E-state index contributed by atoms with van der Waals surface area (Å²) in [5.74, 6) is -1.66. The number of rotatable bonds is 3. The van der Waals surface area contributed by atoms with E-state index in [0.29, 0.717) is 17.5 Å². The molecular weight excluding hydrogens is 258 g/mol. The third kappa shape index (κ3) is 2.49. The molecule has 0 radical (unpaired) electrons. The highest BCUT2D eigenvalue weighted by Gasteiger charge is 2.19. The first-order chi connectivity index (χ1) is 9.02. The van der Waals surface area contributed by atoms with Crippen molar-refractivity contribution in [2.45, 2.75) is 0 Å². The first-order valence-corrected chi connectivity index (χ1v) is 5.16. The van der Waals surface area contributed by atoms with E-state index in [9.17, 15) is 18.9 Å². The standard InChI is InChI=1S/C12H8F2N2O3/c1-19-12-3-2-7(6-15-12)8-4-10(14)11(16(17)18)5-9(8)13/h2-6H,1H3. The Kier molecular flexibility index (Phi) is 3.37. The van der Waals surface area contributed by atoms with Crippen LogP contribution in [-0.4, -0.2) is 17.0 Å². The highest BCUT2D eigenvalue weighted by molar-refractivity contribution is 5.65. The van der Waals surface area contributed by atoms with E-state index in [1.807, 2.05) is 0 Å². The number of hydrogen-bond donors (Lipinski definition) is 0. The van der Waals surface area contributed by atoms with Crippen molar-refractivity contribution in [3.8, 4) is 17.0 Å². The van der Waals surface area contributed by atoms with Crippen molar-refractivity contribution in [3.05, 3.63) is 52.2 Å². The van der Waals surface area contributed by atoms with E-state index in [1.165, 1.54) is 25.4 Å². The van der Waals surface area contributed by atoms with Crippen molar-refractivity contribution in [3.63, 3.8) is 0 Å². The highest BCUT2D eigenvalue weighted by atomic mass is 19.1. The fourth-order valence-corrected chi connectivity index (χ4v) is 1.56. The summed E-state index contributed by atoms with van der Waals surface area (Å²) < 4.78 is 32.0. The van der Waals surface area contributed by atoms with Crippen LogP contribution in [0.1, 0.15) is 0 Å². The zero-order valence-electron chi connectivity index (χ0n) is 9.76. The van der Waals surface area contributed by atoms with E-state index in [4.69, 9.17) is 4.74 Å². The molecule has 0 aliphatic heterocycles. The van der Waals surface area contributed by atoms with Gasteiger partial charge < -0.3 is 4.74 Å². The lowest BCUT2D eigenvalue weighted by molar-refractivity contribution is -0.387. The summed E-state index contributed by atoms with van der Waals surface area (Å²) in [6, 6.07) is 4.29. The number of methoxy groups -OCH3 is 1. The number of nitro benzene ring substituents is 1. The number of pyridine rings is 1. The zero-order valence-corrected chi connectivity index (χ0v) is 9.76. The Morgan fingerprint density at radius 3 is 2.53 bits per heavy atom. The largest absolute Gasteiger partial charge is 0.481 e.